The zero-order valence-corrected chi connectivity index (χ0v) is 17.7. The van der Waals surface area contributed by atoms with Crippen LogP contribution >= 0.6 is 0 Å². The van der Waals surface area contributed by atoms with Crippen LogP contribution in [0, 0.1) is 0 Å². The van der Waals surface area contributed by atoms with E-state index in [1.807, 2.05) is 0 Å². The molecule has 0 saturated carbocycles. The third-order valence-corrected chi connectivity index (χ3v) is 6.33. The minimum atomic E-state index is -3.65. The Hall–Kier alpha value is -3.82. The van der Waals surface area contributed by atoms with Gasteiger partial charge in [-0.05, 0) is 35.4 Å². The average Bonchev–Trinajstić information content (AvgIpc) is 2.81. The van der Waals surface area contributed by atoms with Gasteiger partial charge in [0, 0.05) is 42.8 Å². The number of pyridine rings is 1. The second-order valence-corrected chi connectivity index (χ2v) is 8.86. The first-order chi connectivity index (χ1) is 15.4. The number of carbonyl (C=O) groups is 2. The fourth-order valence-corrected chi connectivity index (χ4v) is 4.26. The van der Waals surface area contributed by atoms with E-state index in [-0.39, 0.29) is 11.4 Å². The van der Waals surface area contributed by atoms with Crippen molar-refractivity contribution in [3.63, 3.8) is 0 Å². The maximum Gasteiger partial charge on any atom is 0.260 e. The molecule has 2 amide bonds. The maximum atomic E-state index is 12.5. The van der Waals surface area contributed by atoms with Crippen molar-refractivity contribution in [2.24, 2.45) is 0 Å². The molecule has 162 valence electrons. The van der Waals surface area contributed by atoms with Crippen molar-refractivity contribution in [3.8, 4) is 0 Å². The van der Waals surface area contributed by atoms with Crippen LogP contribution in [0.25, 0.3) is 5.57 Å². The molecule has 1 aliphatic heterocycles. The molecule has 0 spiro atoms. The van der Waals surface area contributed by atoms with Crippen molar-refractivity contribution in [2.45, 2.75) is 18.0 Å². The number of imide groups is 1. The molecular formula is C23H20N4O4S. The van der Waals surface area contributed by atoms with Crippen LogP contribution in [0.5, 0.6) is 0 Å². The number of nitrogens with one attached hydrogen (secondary N) is 3. The first kappa shape index (κ1) is 21.4. The highest BCUT2D eigenvalue weighted by Gasteiger charge is 2.26. The van der Waals surface area contributed by atoms with Gasteiger partial charge in [0.05, 0.1) is 10.5 Å². The number of fused-ring (bicyclic) bond motifs is 1. The molecule has 3 aromatic rings. The van der Waals surface area contributed by atoms with Crippen LogP contribution in [-0.2, 0) is 27.9 Å². The molecule has 0 radical (unpaired) electrons. The van der Waals surface area contributed by atoms with Gasteiger partial charge in [-0.1, -0.05) is 36.4 Å². The first-order valence-electron chi connectivity index (χ1n) is 9.80. The Labute approximate surface area is 185 Å². The zero-order chi connectivity index (χ0) is 22.6. The molecule has 9 heteroatoms. The van der Waals surface area contributed by atoms with Crippen LogP contribution in [0.1, 0.15) is 27.0 Å². The molecule has 1 aliphatic rings. The third-order valence-electron chi connectivity index (χ3n) is 4.91. The van der Waals surface area contributed by atoms with E-state index < -0.39 is 21.8 Å². The summed E-state index contributed by atoms with van der Waals surface area (Å²) in [4.78, 5) is 28.3. The Morgan fingerprint density at radius 2 is 1.59 bits per heavy atom. The summed E-state index contributed by atoms with van der Waals surface area (Å²) in [5.41, 5.74) is 2.95. The summed E-state index contributed by atoms with van der Waals surface area (Å²) in [7, 11) is -3.65. The normalized spacial score (nSPS) is 14.7. The monoisotopic (exact) mass is 448 g/mol. The maximum absolute atomic E-state index is 12.5. The Balaban J connectivity index is 1.41. The lowest BCUT2D eigenvalue weighted by Gasteiger charge is -2.18. The number of nitrogens with zero attached hydrogens (tertiary/aromatic N) is 1. The van der Waals surface area contributed by atoms with Crippen LogP contribution in [0.15, 0.2) is 84.2 Å². The minimum Gasteiger partial charge on any atom is -0.386 e. The van der Waals surface area contributed by atoms with Gasteiger partial charge in [0.2, 0.25) is 10.0 Å². The Bertz CT molecular complexity index is 1290. The van der Waals surface area contributed by atoms with Gasteiger partial charge in [-0.25, -0.2) is 13.1 Å². The molecule has 2 aromatic carbocycles. The van der Waals surface area contributed by atoms with Gasteiger partial charge in [0.1, 0.15) is 0 Å². The molecule has 4 rings (SSSR count). The van der Waals surface area contributed by atoms with Gasteiger partial charge in [-0.3, -0.25) is 19.9 Å². The second-order valence-electron chi connectivity index (χ2n) is 7.10. The standard InChI is InChI=1S/C23H20N4O4S/c28-22-20-6-2-1-5-19(20)21(23(29)27-22)15-25-12-16-7-9-18(10-8-16)32(30,31)26-14-17-4-3-11-24-13-17/h1-11,13,15,25-26H,12,14H2,(H,27,28,29). The largest absolute Gasteiger partial charge is 0.386 e. The van der Waals surface area contributed by atoms with Crippen molar-refractivity contribution in [1.82, 2.24) is 20.3 Å². The van der Waals surface area contributed by atoms with E-state index in [1.54, 1.807) is 67.1 Å². The lowest BCUT2D eigenvalue weighted by atomic mass is 9.96. The van der Waals surface area contributed by atoms with Gasteiger partial charge in [0.25, 0.3) is 11.8 Å². The van der Waals surface area contributed by atoms with Crippen molar-refractivity contribution in [3.05, 3.63) is 102 Å². The number of sulfonamides is 1. The van der Waals surface area contributed by atoms with Gasteiger partial charge < -0.3 is 5.32 Å². The van der Waals surface area contributed by atoms with Crippen LogP contribution in [0.2, 0.25) is 0 Å². The topological polar surface area (TPSA) is 117 Å². The molecule has 1 aromatic heterocycles. The molecule has 0 aliphatic carbocycles. The van der Waals surface area contributed by atoms with E-state index in [0.717, 1.165) is 11.1 Å². The fraction of sp³-hybridized carbons (Fsp3) is 0.0870. The highest BCUT2D eigenvalue weighted by molar-refractivity contribution is 7.89. The Morgan fingerprint density at radius 3 is 2.31 bits per heavy atom. The quantitative estimate of drug-likeness (QED) is 0.376. The molecule has 0 fully saturated rings. The van der Waals surface area contributed by atoms with E-state index >= 15 is 0 Å². The molecule has 2 heterocycles. The summed E-state index contributed by atoms with van der Waals surface area (Å²) in [5.74, 6) is -0.890. The smallest absolute Gasteiger partial charge is 0.260 e. The summed E-state index contributed by atoms with van der Waals surface area (Å²) in [6, 6.07) is 16.9. The molecule has 8 nitrogen and oxygen atoms in total. The predicted molar refractivity (Wildman–Crippen MR) is 118 cm³/mol. The summed E-state index contributed by atoms with van der Waals surface area (Å²) in [5, 5.41) is 5.37. The molecular weight excluding hydrogens is 428 g/mol. The number of hydrogen-bond donors (Lipinski definition) is 3. The average molecular weight is 449 g/mol. The van der Waals surface area contributed by atoms with Crippen molar-refractivity contribution < 1.29 is 18.0 Å². The van der Waals surface area contributed by atoms with E-state index in [1.165, 1.54) is 12.1 Å². The van der Waals surface area contributed by atoms with Gasteiger partial charge >= 0.3 is 0 Å². The number of aromatic nitrogens is 1. The van der Waals surface area contributed by atoms with E-state index in [2.05, 4.69) is 20.3 Å². The minimum absolute atomic E-state index is 0.152. The van der Waals surface area contributed by atoms with E-state index in [4.69, 9.17) is 0 Å². The third kappa shape index (κ3) is 4.74. The molecule has 0 atom stereocenters. The van der Waals surface area contributed by atoms with Crippen LogP contribution < -0.4 is 15.4 Å². The molecule has 0 unspecified atom stereocenters. The lowest BCUT2D eigenvalue weighted by Crippen LogP contribution is -2.36. The molecule has 0 bridgehead atoms. The Morgan fingerprint density at radius 1 is 0.844 bits per heavy atom. The Kier molecular flexibility index (Phi) is 6.11. The highest BCUT2D eigenvalue weighted by atomic mass is 32.2. The summed E-state index contributed by atoms with van der Waals surface area (Å²) >= 11 is 0. The van der Waals surface area contributed by atoms with Crippen molar-refractivity contribution in [2.75, 3.05) is 0 Å². The highest BCUT2D eigenvalue weighted by Crippen LogP contribution is 2.23. The molecule has 3 N–H and O–H groups in total. The van der Waals surface area contributed by atoms with E-state index in [0.29, 0.717) is 23.2 Å². The van der Waals surface area contributed by atoms with Crippen LogP contribution in [0.4, 0.5) is 0 Å². The second kappa shape index (κ2) is 9.13. The number of amides is 2. The predicted octanol–water partition coefficient (Wildman–Crippen LogP) is 1.96. The summed E-state index contributed by atoms with van der Waals surface area (Å²) < 4.78 is 27.5. The van der Waals surface area contributed by atoms with Crippen molar-refractivity contribution in [1.29, 1.82) is 0 Å². The van der Waals surface area contributed by atoms with Crippen LogP contribution in [-0.4, -0.2) is 25.2 Å². The fourth-order valence-electron chi connectivity index (χ4n) is 3.24. The number of carbonyl (C=O) groups excluding carboxylic acids is 2. The molecule has 0 saturated heterocycles. The number of benzene rings is 2. The molecule has 32 heavy (non-hydrogen) atoms. The number of rotatable bonds is 7. The van der Waals surface area contributed by atoms with Gasteiger partial charge in [-0.15, -0.1) is 0 Å². The lowest BCUT2D eigenvalue weighted by molar-refractivity contribution is -0.114. The zero-order valence-electron chi connectivity index (χ0n) is 16.9. The first-order valence-corrected chi connectivity index (χ1v) is 11.3. The van der Waals surface area contributed by atoms with Crippen molar-refractivity contribution >= 4 is 27.4 Å². The number of hydrogen-bond acceptors (Lipinski definition) is 6. The SMILES string of the molecule is O=C1NC(=O)c2ccccc2C1=CNCc1ccc(S(=O)(=O)NCc2cccnc2)cc1. The summed E-state index contributed by atoms with van der Waals surface area (Å²) in [6.45, 7) is 0.523. The van der Waals surface area contributed by atoms with E-state index in [9.17, 15) is 18.0 Å². The summed E-state index contributed by atoms with van der Waals surface area (Å²) in [6.07, 6.45) is 4.78. The van der Waals surface area contributed by atoms with Crippen LogP contribution in [0.3, 0.4) is 0 Å². The van der Waals surface area contributed by atoms with Gasteiger partial charge in [0.15, 0.2) is 0 Å². The van der Waals surface area contributed by atoms with Gasteiger partial charge in [-0.2, -0.15) is 0 Å².